The van der Waals surface area contributed by atoms with Crippen LogP contribution in [0.25, 0.3) is 11.1 Å². The van der Waals surface area contributed by atoms with Gasteiger partial charge in [0.15, 0.2) is 0 Å². The maximum Gasteiger partial charge on any atom is 0.120 e. The van der Waals surface area contributed by atoms with Crippen molar-refractivity contribution >= 4 is 0 Å². The third kappa shape index (κ3) is 1.86. The lowest BCUT2D eigenvalue weighted by Crippen LogP contribution is -2.25. The van der Waals surface area contributed by atoms with Crippen molar-refractivity contribution in [3.8, 4) is 11.1 Å². The highest BCUT2D eigenvalue weighted by Gasteiger charge is 2.49. The average Bonchev–Trinajstić information content (AvgIpc) is 3.02. The minimum Gasteiger partial charge on any atom is -0.365 e. The number of hydrogen-bond acceptors (Lipinski definition) is 2. The third-order valence-corrected chi connectivity index (χ3v) is 4.78. The molecule has 1 aliphatic carbocycles. The Kier molecular flexibility index (Phi) is 2.91. The molecule has 4 rings (SSSR count). The molecule has 0 N–H and O–H groups in total. The highest BCUT2D eigenvalue weighted by atomic mass is 16.5. The first-order valence-electron chi connectivity index (χ1n) is 7.69. The SMILES string of the molecule is CN(C)CC1COC2(C1)c1ccccc1-c1ccccc12. The van der Waals surface area contributed by atoms with Crippen LogP contribution in [0.2, 0.25) is 0 Å². The van der Waals surface area contributed by atoms with Crippen LogP contribution in [0.15, 0.2) is 48.5 Å². The predicted octanol–water partition coefficient (Wildman–Crippen LogP) is 3.51. The van der Waals surface area contributed by atoms with Gasteiger partial charge in [-0.2, -0.15) is 0 Å². The van der Waals surface area contributed by atoms with E-state index in [1.165, 1.54) is 22.3 Å². The monoisotopic (exact) mass is 279 g/mol. The summed E-state index contributed by atoms with van der Waals surface area (Å²) in [5.74, 6) is 0.596. The van der Waals surface area contributed by atoms with Crippen molar-refractivity contribution in [1.82, 2.24) is 4.90 Å². The minimum atomic E-state index is -0.214. The Morgan fingerprint density at radius 1 is 1.00 bits per heavy atom. The topological polar surface area (TPSA) is 12.5 Å². The average molecular weight is 279 g/mol. The molecular formula is C19H21NO. The molecular weight excluding hydrogens is 258 g/mol. The first kappa shape index (κ1) is 13.1. The smallest absolute Gasteiger partial charge is 0.120 e. The van der Waals surface area contributed by atoms with E-state index in [1.54, 1.807) is 0 Å². The van der Waals surface area contributed by atoms with Gasteiger partial charge in [-0.15, -0.1) is 0 Å². The fraction of sp³-hybridized carbons (Fsp3) is 0.368. The molecule has 1 saturated heterocycles. The number of hydrogen-bond donors (Lipinski definition) is 0. The van der Waals surface area contributed by atoms with Gasteiger partial charge in [0.2, 0.25) is 0 Å². The summed E-state index contributed by atoms with van der Waals surface area (Å²) in [7, 11) is 4.28. The van der Waals surface area contributed by atoms with Crippen LogP contribution in [0, 0.1) is 5.92 Å². The van der Waals surface area contributed by atoms with Crippen LogP contribution in [0.1, 0.15) is 17.5 Å². The van der Waals surface area contributed by atoms with Crippen molar-refractivity contribution in [2.75, 3.05) is 27.2 Å². The molecule has 1 fully saturated rings. The van der Waals surface area contributed by atoms with Crippen molar-refractivity contribution in [3.63, 3.8) is 0 Å². The van der Waals surface area contributed by atoms with E-state index in [0.717, 1.165) is 19.6 Å². The Morgan fingerprint density at radius 2 is 1.57 bits per heavy atom. The van der Waals surface area contributed by atoms with E-state index < -0.39 is 0 Å². The normalized spacial score (nSPS) is 21.8. The second kappa shape index (κ2) is 4.69. The molecule has 1 aliphatic heterocycles. The van der Waals surface area contributed by atoms with Gasteiger partial charge >= 0.3 is 0 Å². The summed E-state index contributed by atoms with van der Waals surface area (Å²) in [6.45, 7) is 1.94. The van der Waals surface area contributed by atoms with E-state index in [9.17, 15) is 0 Å². The van der Waals surface area contributed by atoms with Crippen molar-refractivity contribution in [2.45, 2.75) is 12.0 Å². The molecule has 1 heterocycles. The molecule has 21 heavy (non-hydrogen) atoms. The van der Waals surface area contributed by atoms with E-state index in [0.29, 0.717) is 5.92 Å². The van der Waals surface area contributed by atoms with Gasteiger partial charge in [0.05, 0.1) is 6.61 Å². The fourth-order valence-electron chi connectivity index (χ4n) is 4.08. The molecule has 0 aromatic heterocycles. The van der Waals surface area contributed by atoms with Crippen molar-refractivity contribution in [1.29, 1.82) is 0 Å². The lowest BCUT2D eigenvalue weighted by atomic mass is 9.85. The molecule has 1 atom stereocenters. The Bertz CT molecular complexity index is 631. The lowest BCUT2D eigenvalue weighted by molar-refractivity contribution is 0.0375. The summed E-state index contributed by atoms with van der Waals surface area (Å²) in [4.78, 5) is 2.26. The third-order valence-electron chi connectivity index (χ3n) is 4.78. The van der Waals surface area contributed by atoms with Gasteiger partial charge in [-0.1, -0.05) is 48.5 Å². The first-order valence-corrected chi connectivity index (χ1v) is 7.69. The number of nitrogens with zero attached hydrogens (tertiary/aromatic N) is 1. The van der Waals surface area contributed by atoms with Crippen LogP contribution in [0.3, 0.4) is 0 Å². The first-order chi connectivity index (χ1) is 10.2. The summed E-state index contributed by atoms with van der Waals surface area (Å²) >= 11 is 0. The molecule has 1 spiro atoms. The zero-order valence-electron chi connectivity index (χ0n) is 12.7. The van der Waals surface area contributed by atoms with Gasteiger partial charge in [-0.3, -0.25) is 0 Å². The maximum atomic E-state index is 6.44. The van der Waals surface area contributed by atoms with Crippen LogP contribution < -0.4 is 0 Å². The number of rotatable bonds is 2. The van der Waals surface area contributed by atoms with Gasteiger partial charge in [0.1, 0.15) is 5.60 Å². The van der Waals surface area contributed by atoms with E-state index in [-0.39, 0.29) is 5.60 Å². The van der Waals surface area contributed by atoms with Gasteiger partial charge in [0.25, 0.3) is 0 Å². The van der Waals surface area contributed by atoms with E-state index >= 15 is 0 Å². The molecule has 0 saturated carbocycles. The number of benzene rings is 2. The molecule has 2 nitrogen and oxygen atoms in total. The second-order valence-electron chi connectivity index (χ2n) is 6.56. The highest BCUT2D eigenvalue weighted by molar-refractivity contribution is 5.80. The van der Waals surface area contributed by atoms with Crippen LogP contribution in [0.5, 0.6) is 0 Å². The molecule has 0 amide bonds. The zero-order valence-corrected chi connectivity index (χ0v) is 12.7. The van der Waals surface area contributed by atoms with Gasteiger partial charge in [0, 0.05) is 6.54 Å². The highest BCUT2D eigenvalue weighted by Crippen LogP contribution is 2.55. The Labute approximate surface area is 126 Å². The lowest BCUT2D eigenvalue weighted by Gasteiger charge is -2.26. The molecule has 2 aliphatic rings. The quantitative estimate of drug-likeness (QED) is 0.834. The molecule has 0 radical (unpaired) electrons. The Morgan fingerprint density at radius 3 is 2.14 bits per heavy atom. The Balaban J connectivity index is 1.82. The molecule has 2 heteroatoms. The zero-order chi connectivity index (χ0) is 14.4. The fourth-order valence-corrected chi connectivity index (χ4v) is 4.08. The largest absolute Gasteiger partial charge is 0.365 e. The van der Waals surface area contributed by atoms with Crippen molar-refractivity contribution in [2.24, 2.45) is 5.92 Å². The van der Waals surface area contributed by atoms with Gasteiger partial charge < -0.3 is 9.64 Å². The summed E-state index contributed by atoms with van der Waals surface area (Å²) in [5, 5.41) is 0. The van der Waals surface area contributed by atoms with Gasteiger partial charge in [-0.25, -0.2) is 0 Å². The Hall–Kier alpha value is -1.64. The van der Waals surface area contributed by atoms with Gasteiger partial charge in [-0.05, 0) is 48.7 Å². The van der Waals surface area contributed by atoms with Crippen LogP contribution >= 0.6 is 0 Å². The number of fused-ring (bicyclic) bond motifs is 5. The maximum absolute atomic E-state index is 6.44. The van der Waals surface area contributed by atoms with Crippen molar-refractivity contribution < 1.29 is 4.74 Å². The second-order valence-corrected chi connectivity index (χ2v) is 6.56. The summed E-state index contributed by atoms with van der Waals surface area (Å²) < 4.78 is 6.44. The molecule has 1 unspecified atom stereocenters. The minimum absolute atomic E-state index is 0.214. The molecule has 2 aromatic carbocycles. The summed E-state index contributed by atoms with van der Waals surface area (Å²) in [6, 6.07) is 17.5. The molecule has 0 bridgehead atoms. The van der Waals surface area contributed by atoms with Crippen LogP contribution in [-0.4, -0.2) is 32.1 Å². The number of ether oxygens (including phenoxy) is 1. The van der Waals surface area contributed by atoms with Crippen LogP contribution in [0.4, 0.5) is 0 Å². The summed E-state index contributed by atoms with van der Waals surface area (Å²) in [6.07, 6.45) is 1.08. The predicted molar refractivity (Wildman–Crippen MR) is 85.3 cm³/mol. The molecule has 108 valence electrons. The molecule has 2 aromatic rings. The summed E-state index contributed by atoms with van der Waals surface area (Å²) in [5.41, 5.74) is 5.19. The standard InChI is InChI=1S/C19H21NO/c1-20(2)12-14-11-19(21-13-14)17-9-5-3-7-15(17)16-8-4-6-10-18(16)19/h3-10,14H,11-13H2,1-2H3. The van der Waals surface area contributed by atoms with E-state index in [1.807, 2.05) is 0 Å². The van der Waals surface area contributed by atoms with Crippen LogP contribution in [-0.2, 0) is 10.3 Å². The van der Waals surface area contributed by atoms with Crippen molar-refractivity contribution in [3.05, 3.63) is 59.7 Å². The van der Waals surface area contributed by atoms with E-state index in [4.69, 9.17) is 4.74 Å². The van der Waals surface area contributed by atoms with E-state index in [2.05, 4.69) is 67.5 Å².